The third-order valence-corrected chi connectivity index (χ3v) is 6.38. The van der Waals surface area contributed by atoms with Crippen LogP contribution in [-0.4, -0.2) is 49.3 Å². The molecule has 5 N–H and O–H groups in total. The average molecular weight is 561 g/mol. The van der Waals surface area contributed by atoms with E-state index in [-0.39, 0.29) is 29.1 Å². The molecule has 0 aliphatic heterocycles. The van der Waals surface area contributed by atoms with Crippen LogP contribution in [-0.2, 0) is 29.1 Å². The molecule has 212 valence electrons. The van der Waals surface area contributed by atoms with E-state index in [4.69, 9.17) is 20.6 Å². The number of nitrogens with one attached hydrogen (secondary N) is 3. The molecule has 0 spiro atoms. The molecule has 0 aliphatic rings. The predicted molar refractivity (Wildman–Crippen MR) is 147 cm³/mol. The molecule has 0 heterocycles. The fourth-order valence-electron chi connectivity index (χ4n) is 3.25. The van der Waals surface area contributed by atoms with E-state index in [0.717, 1.165) is 0 Å². The molecule has 2 aromatic rings. The Kier molecular flexibility index (Phi) is 9.99. The number of nitrogen functional groups attached to an aromatic ring is 1. The highest BCUT2D eigenvalue weighted by Gasteiger charge is 2.31. The number of hydrogen-bond acceptors (Lipinski definition) is 8. The highest BCUT2D eigenvalue weighted by molar-refractivity contribution is 7.89. The van der Waals surface area contributed by atoms with Gasteiger partial charge in [-0.05, 0) is 90.4 Å². The average Bonchev–Trinajstić information content (AvgIpc) is 2.80. The summed E-state index contributed by atoms with van der Waals surface area (Å²) in [5.41, 5.74) is 4.76. The monoisotopic (exact) mass is 560 g/mol. The fourth-order valence-corrected chi connectivity index (χ4v) is 4.51. The topological polar surface area (TPSA) is 178 Å². The highest BCUT2D eigenvalue weighted by Crippen LogP contribution is 2.18. The summed E-state index contributed by atoms with van der Waals surface area (Å²) in [4.78, 5) is 37.6. The van der Waals surface area contributed by atoms with Gasteiger partial charge in [-0.15, -0.1) is 0 Å². The second-order valence-electron chi connectivity index (χ2n) is 10.8. The van der Waals surface area contributed by atoms with Crippen LogP contribution in [0, 0.1) is 5.41 Å². The van der Waals surface area contributed by atoms with Crippen molar-refractivity contribution in [2.45, 2.75) is 76.5 Å². The van der Waals surface area contributed by atoms with Gasteiger partial charge in [-0.25, -0.2) is 8.42 Å². The Morgan fingerprint density at radius 2 is 1.51 bits per heavy atom. The van der Waals surface area contributed by atoms with E-state index in [1.165, 1.54) is 24.3 Å². The van der Waals surface area contributed by atoms with E-state index in [1.807, 2.05) is 0 Å². The summed E-state index contributed by atoms with van der Waals surface area (Å²) in [6.45, 7) is 10.0. The van der Waals surface area contributed by atoms with Crippen LogP contribution in [0.15, 0.2) is 53.4 Å². The standard InChI is InChI=1S/C27H36N4O7S/c1-26(2,3)37-22(32)15-14-21(25(34)38-27(4,5)6)31-39(35,36)20-9-7-8-18(16-20)24(33)30-19-12-10-17(11-13-19)23(28)29/h7-13,16,21,31H,14-15H2,1-6H3,(H3,28,29)(H,30,33). The van der Waals surface area contributed by atoms with Crippen molar-refractivity contribution in [1.29, 1.82) is 5.41 Å². The van der Waals surface area contributed by atoms with Crippen LogP contribution in [0.25, 0.3) is 0 Å². The minimum Gasteiger partial charge on any atom is -0.460 e. The Balaban J connectivity index is 2.23. The number of amides is 1. The van der Waals surface area contributed by atoms with Gasteiger partial charge >= 0.3 is 11.9 Å². The minimum atomic E-state index is -4.31. The van der Waals surface area contributed by atoms with Gasteiger partial charge in [0.1, 0.15) is 23.1 Å². The molecule has 0 radical (unpaired) electrons. The zero-order valence-electron chi connectivity index (χ0n) is 23.0. The molecule has 0 saturated carbocycles. The van der Waals surface area contributed by atoms with E-state index in [9.17, 15) is 22.8 Å². The maximum absolute atomic E-state index is 13.2. The van der Waals surface area contributed by atoms with E-state index in [2.05, 4.69) is 10.0 Å². The number of benzene rings is 2. The smallest absolute Gasteiger partial charge is 0.324 e. The lowest BCUT2D eigenvalue weighted by Gasteiger charge is -2.25. The van der Waals surface area contributed by atoms with Crippen molar-refractivity contribution in [1.82, 2.24) is 4.72 Å². The molecule has 0 fully saturated rings. The summed E-state index contributed by atoms with van der Waals surface area (Å²) in [6.07, 6.45) is -0.423. The lowest BCUT2D eigenvalue weighted by atomic mass is 10.1. The molecule has 0 saturated heterocycles. The van der Waals surface area contributed by atoms with Crippen molar-refractivity contribution in [3.8, 4) is 0 Å². The number of sulfonamides is 1. The van der Waals surface area contributed by atoms with Gasteiger partial charge in [-0.2, -0.15) is 4.72 Å². The number of nitrogens with two attached hydrogens (primary N) is 1. The van der Waals surface area contributed by atoms with Gasteiger partial charge in [-0.1, -0.05) is 6.07 Å². The van der Waals surface area contributed by atoms with Gasteiger partial charge in [0.15, 0.2) is 0 Å². The summed E-state index contributed by atoms with van der Waals surface area (Å²) in [5, 5.41) is 10.1. The Bertz CT molecular complexity index is 1330. The number of hydrogen-bond donors (Lipinski definition) is 4. The molecule has 2 rings (SSSR count). The highest BCUT2D eigenvalue weighted by atomic mass is 32.2. The lowest BCUT2D eigenvalue weighted by Crippen LogP contribution is -2.44. The number of carbonyl (C=O) groups excluding carboxylic acids is 3. The summed E-state index contributed by atoms with van der Waals surface area (Å²) in [7, 11) is -4.31. The number of esters is 2. The molecule has 1 atom stereocenters. The number of carbonyl (C=O) groups is 3. The Morgan fingerprint density at radius 1 is 0.923 bits per heavy atom. The van der Waals surface area contributed by atoms with Crippen LogP contribution in [0.3, 0.4) is 0 Å². The molecule has 1 unspecified atom stereocenters. The van der Waals surface area contributed by atoms with E-state index >= 15 is 0 Å². The van der Waals surface area contributed by atoms with Crippen molar-refractivity contribution in [2.24, 2.45) is 5.73 Å². The van der Waals surface area contributed by atoms with Crippen LogP contribution < -0.4 is 15.8 Å². The van der Waals surface area contributed by atoms with Crippen molar-refractivity contribution in [3.05, 3.63) is 59.7 Å². The van der Waals surface area contributed by atoms with Gasteiger partial charge in [0.2, 0.25) is 10.0 Å². The van der Waals surface area contributed by atoms with E-state index in [1.54, 1.807) is 65.8 Å². The number of anilines is 1. The second-order valence-corrected chi connectivity index (χ2v) is 12.5. The van der Waals surface area contributed by atoms with Gasteiger partial charge < -0.3 is 20.5 Å². The quantitative estimate of drug-likeness (QED) is 0.194. The number of rotatable bonds is 10. The third kappa shape index (κ3) is 10.5. The molecule has 0 bridgehead atoms. The third-order valence-electron chi connectivity index (χ3n) is 4.91. The van der Waals surface area contributed by atoms with Gasteiger partial charge in [0.25, 0.3) is 5.91 Å². The molecule has 11 nitrogen and oxygen atoms in total. The molecule has 12 heteroatoms. The largest absolute Gasteiger partial charge is 0.460 e. The van der Waals surface area contributed by atoms with Crippen LogP contribution >= 0.6 is 0 Å². The summed E-state index contributed by atoms with van der Waals surface area (Å²) in [5.74, 6) is -2.13. The normalized spacial score (nSPS) is 12.8. The summed E-state index contributed by atoms with van der Waals surface area (Å²) >= 11 is 0. The van der Waals surface area contributed by atoms with Crippen molar-refractivity contribution < 1.29 is 32.3 Å². The number of ether oxygens (including phenoxy) is 2. The zero-order chi connectivity index (χ0) is 29.6. The summed E-state index contributed by atoms with van der Waals surface area (Å²) in [6, 6.07) is 10.2. The van der Waals surface area contributed by atoms with Crippen molar-refractivity contribution in [3.63, 3.8) is 0 Å². The van der Waals surface area contributed by atoms with Gasteiger partial charge in [0, 0.05) is 23.2 Å². The van der Waals surface area contributed by atoms with Crippen LogP contribution in [0.5, 0.6) is 0 Å². The second kappa shape index (κ2) is 12.4. The molecule has 0 aromatic heterocycles. The predicted octanol–water partition coefficient (Wildman–Crippen LogP) is 3.33. The maximum atomic E-state index is 13.2. The molecule has 0 aliphatic carbocycles. The molecule has 1 amide bonds. The maximum Gasteiger partial charge on any atom is 0.324 e. The Labute approximate surface area is 229 Å². The van der Waals surface area contributed by atoms with Crippen LogP contribution in [0.1, 0.15) is 70.3 Å². The van der Waals surface area contributed by atoms with Crippen molar-refractivity contribution >= 4 is 39.4 Å². The zero-order valence-corrected chi connectivity index (χ0v) is 23.8. The minimum absolute atomic E-state index is 0.0519. The van der Waals surface area contributed by atoms with Crippen LogP contribution in [0.2, 0.25) is 0 Å². The first-order valence-corrected chi connectivity index (χ1v) is 13.7. The first-order valence-electron chi connectivity index (χ1n) is 12.2. The first kappa shape index (κ1) is 31.4. The molecule has 2 aromatic carbocycles. The lowest BCUT2D eigenvalue weighted by molar-refractivity contribution is -0.158. The van der Waals surface area contributed by atoms with E-state index in [0.29, 0.717) is 11.3 Å². The Hall–Kier alpha value is -3.77. The molecule has 39 heavy (non-hydrogen) atoms. The van der Waals surface area contributed by atoms with Gasteiger partial charge in [-0.3, -0.25) is 19.8 Å². The first-order chi connectivity index (χ1) is 17.9. The number of amidine groups is 1. The fraction of sp³-hybridized carbons (Fsp3) is 0.407. The summed E-state index contributed by atoms with van der Waals surface area (Å²) < 4.78 is 39.4. The van der Waals surface area contributed by atoms with Crippen LogP contribution in [0.4, 0.5) is 5.69 Å². The Morgan fingerprint density at radius 3 is 2.05 bits per heavy atom. The SMILES string of the molecule is CC(C)(C)OC(=O)CCC(NS(=O)(=O)c1cccc(C(=O)Nc2ccc(C(=N)N)cc2)c1)C(=O)OC(C)(C)C. The molecular formula is C27H36N4O7S. The molecular weight excluding hydrogens is 524 g/mol. The van der Waals surface area contributed by atoms with Crippen molar-refractivity contribution in [2.75, 3.05) is 5.32 Å². The van der Waals surface area contributed by atoms with Gasteiger partial charge in [0.05, 0.1) is 4.90 Å². The van der Waals surface area contributed by atoms with E-state index < -0.39 is 45.1 Å².